The fourth-order valence-electron chi connectivity index (χ4n) is 2.43. The quantitative estimate of drug-likeness (QED) is 0.259. The Morgan fingerprint density at radius 3 is 2.36 bits per heavy atom. The Morgan fingerprint density at radius 1 is 1.16 bits per heavy atom. The molecule has 1 atom stereocenters. The summed E-state index contributed by atoms with van der Waals surface area (Å²) >= 11 is 0. The van der Waals surface area contributed by atoms with Crippen LogP contribution in [0.15, 0.2) is 11.6 Å². The van der Waals surface area contributed by atoms with E-state index >= 15 is 0 Å². The van der Waals surface area contributed by atoms with Crippen molar-refractivity contribution in [1.29, 1.82) is 0 Å². The van der Waals surface area contributed by atoms with E-state index < -0.39 is 0 Å². The average molecular weight is 355 g/mol. The van der Waals surface area contributed by atoms with Crippen molar-refractivity contribution in [3.8, 4) is 0 Å². The van der Waals surface area contributed by atoms with Crippen molar-refractivity contribution in [3.05, 3.63) is 11.6 Å². The Labute approximate surface area is 150 Å². The van der Waals surface area contributed by atoms with Crippen LogP contribution in [0.2, 0.25) is 0 Å². The fraction of sp³-hybridized carbons (Fsp3) is 0.722. The second kappa shape index (κ2) is 13.4. The van der Waals surface area contributed by atoms with Gasteiger partial charge in [0.1, 0.15) is 0 Å². The van der Waals surface area contributed by atoms with E-state index in [9.17, 15) is 14.4 Å². The van der Waals surface area contributed by atoms with Crippen molar-refractivity contribution in [3.63, 3.8) is 0 Å². The third-order valence-corrected chi connectivity index (χ3v) is 4.01. The molecule has 0 spiro atoms. The third kappa shape index (κ3) is 9.86. The summed E-state index contributed by atoms with van der Waals surface area (Å²) in [5.41, 5.74) is 0.567. The van der Waals surface area contributed by atoms with Gasteiger partial charge in [0.25, 0.3) is 0 Å². The number of rotatable bonds is 13. The Hall–Kier alpha value is -1.89. The number of nitrogens with one attached hydrogen (secondary N) is 2. The molecular weight excluding hydrogens is 322 g/mol. The molecule has 25 heavy (non-hydrogen) atoms. The summed E-state index contributed by atoms with van der Waals surface area (Å²) in [5, 5.41) is 14.0. The Kier molecular flexibility index (Phi) is 12.4. The van der Waals surface area contributed by atoms with Crippen LogP contribution in [0.5, 0.6) is 0 Å². The van der Waals surface area contributed by atoms with Crippen LogP contribution in [0, 0.1) is 5.92 Å². The monoisotopic (exact) mass is 355 g/mol. The lowest BCUT2D eigenvalue weighted by molar-refractivity contribution is -0.132. The highest BCUT2D eigenvalue weighted by atomic mass is 16.3. The highest BCUT2D eigenvalue weighted by Crippen LogP contribution is 2.13. The van der Waals surface area contributed by atoms with Crippen LogP contribution in [0.4, 0.5) is 0 Å². The van der Waals surface area contributed by atoms with E-state index in [1.165, 1.54) is 0 Å². The molecule has 0 fully saturated rings. The molecule has 0 bridgehead atoms. The summed E-state index contributed by atoms with van der Waals surface area (Å²) in [4.78, 5) is 36.1. The summed E-state index contributed by atoms with van der Waals surface area (Å²) in [5.74, 6) is -0.217. The molecule has 0 radical (unpaired) electrons. The topological polar surface area (TPSA) is 98.7 Å². The maximum absolute atomic E-state index is 12.2. The van der Waals surface area contributed by atoms with Crippen LogP contribution >= 0.6 is 0 Å². The van der Waals surface area contributed by atoms with Gasteiger partial charge in [0.15, 0.2) is 0 Å². The molecule has 0 rings (SSSR count). The lowest BCUT2D eigenvalue weighted by Gasteiger charge is -2.29. The van der Waals surface area contributed by atoms with E-state index in [0.29, 0.717) is 18.5 Å². The SMILES string of the molecule is C/C(=C\[C@H](C(C)C)N(C)C(=O)CNC=O)C(=O)NCCCCCCO. The van der Waals surface area contributed by atoms with E-state index in [4.69, 9.17) is 5.11 Å². The first-order valence-electron chi connectivity index (χ1n) is 8.85. The molecule has 144 valence electrons. The van der Waals surface area contributed by atoms with Gasteiger partial charge in [-0.15, -0.1) is 0 Å². The molecular formula is C18H33N3O4. The fourth-order valence-corrected chi connectivity index (χ4v) is 2.43. The first-order chi connectivity index (χ1) is 11.8. The van der Waals surface area contributed by atoms with Crippen molar-refractivity contribution in [2.45, 2.75) is 52.5 Å². The number of hydrogen-bond donors (Lipinski definition) is 3. The maximum atomic E-state index is 12.2. The summed E-state index contributed by atoms with van der Waals surface area (Å²) < 4.78 is 0. The van der Waals surface area contributed by atoms with Gasteiger partial charge in [-0.25, -0.2) is 0 Å². The zero-order valence-corrected chi connectivity index (χ0v) is 15.9. The molecule has 3 amide bonds. The predicted octanol–water partition coefficient (Wildman–Crippen LogP) is 0.831. The zero-order valence-electron chi connectivity index (χ0n) is 15.9. The molecule has 0 aliphatic carbocycles. The Balaban J connectivity index is 4.60. The molecule has 0 unspecified atom stereocenters. The number of aliphatic hydroxyl groups excluding tert-OH is 1. The zero-order chi connectivity index (χ0) is 19.2. The van der Waals surface area contributed by atoms with Gasteiger partial charge in [-0.05, 0) is 25.7 Å². The second-order valence-electron chi connectivity index (χ2n) is 6.48. The largest absolute Gasteiger partial charge is 0.396 e. The van der Waals surface area contributed by atoms with Crippen molar-refractivity contribution in [2.75, 3.05) is 26.7 Å². The normalized spacial score (nSPS) is 12.6. The second-order valence-corrected chi connectivity index (χ2v) is 6.48. The van der Waals surface area contributed by atoms with Crippen molar-refractivity contribution < 1.29 is 19.5 Å². The Bertz CT molecular complexity index is 450. The summed E-state index contributed by atoms with van der Waals surface area (Å²) in [6.07, 6.45) is 5.89. The molecule has 0 aliphatic rings. The van der Waals surface area contributed by atoms with Gasteiger partial charge in [0.05, 0.1) is 12.6 Å². The van der Waals surface area contributed by atoms with Gasteiger partial charge >= 0.3 is 0 Å². The van der Waals surface area contributed by atoms with Gasteiger partial charge in [-0.3, -0.25) is 14.4 Å². The first-order valence-corrected chi connectivity index (χ1v) is 8.85. The summed E-state index contributed by atoms with van der Waals surface area (Å²) in [7, 11) is 1.67. The van der Waals surface area contributed by atoms with E-state index in [2.05, 4.69) is 10.6 Å². The molecule has 0 aromatic heterocycles. The molecule has 0 aromatic rings. The van der Waals surface area contributed by atoms with E-state index in [-0.39, 0.29) is 36.9 Å². The van der Waals surface area contributed by atoms with Crippen molar-refractivity contribution >= 4 is 18.2 Å². The Morgan fingerprint density at radius 2 is 1.80 bits per heavy atom. The molecule has 0 saturated heterocycles. The van der Waals surface area contributed by atoms with Crippen LogP contribution in [0.25, 0.3) is 0 Å². The highest BCUT2D eigenvalue weighted by Gasteiger charge is 2.21. The minimum absolute atomic E-state index is 0.0594. The van der Waals surface area contributed by atoms with E-state index in [1.807, 2.05) is 13.8 Å². The lowest BCUT2D eigenvalue weighted by Crippen LogP contribution is -2.43. The standard InChI is InChI=1S/C18H33N3O4/c1-14(2)16(21(4)17(24)12-19-13-23)11-15(3)18(25)20-9-7-5-6-8-10-22/h11,13-14,16,22H,5-10,12H2,1-4H3,(H,19,23)(H,20,25)/b15-11+/t16-/m1/s1. The van der Waals surface area contributed by atoms with Gasteiger partial charge in [0.2, 0.25) is 18.2 Å². The van der Waals surface area contributed by atoms with Crippen LogP contribution in [-0.4, -0.2) is 61.0 Å². The van der Waals surface area contributed by atoms with Crippen LogP contribution in [0.1, 0.15) is 46.5 Å². The average Bonchev–Trinajstić information content (AvgIpc) is 2.59. The smallest absolute Gasteiger partial charge is 0.246 e. The minimum atomic E-state index is -0.226. The summed E-state index contributed by atoms with van der Waals surface area (Å²) in [6.45, 7) is 6.43. The van der Waals surface area contributed by atoms with Gasteiger partial charge in [0, 0.05) is 25.8 Å². The number of carbonyl (C=O) groups is 3. The van der Waals surface area contributed by atoms with Gasteiger partial charge in [-0.1, -0.05) is 32.8 Å². The highest BCUT2D eigenvalue weighted by molar-refractivity contribution is 5.93. The van der Waals surface area contributed by atoms with E-state index in [0.717, 1.165) is 25.7 Å². The molecule has 0 aromatic carbocycles. The number of hydrogen-bond acceptors (Lipinski definition) is 4. The first kappa shape index (κ1) is 23.1. The van der Waals surface area contributed by atoms with Crippen molar-refractivity contribution in [2.24, 2.45) is 5.92 Å². The number of aliphatic hydroxyl groups is 1. The predicted molar refractivity (Wildman–Crippen MR) is 97.8 cm³/mol. The maximum Gasteiger partial charge on any atom is 0.246 e. The number of likely N-dealkylation sites (N-methyl/N-ethyl adjacent to an activating group) is 1. The number of carbonyl (C=O) groups excluding carboxylic acids is 3. The number of amides is 3. The van der Waals surface area contributed by atoms with Gasteiger partial charge < -0.3 is 20.6 Å². The summed E-state index contributed by atoms with van der Waals surface area (Å²) in [6, 6.07) is -0.226. The van der Waals surface area contributed by atoms with Gasteiger partial charge in [-0.2, -0.15) is 0 Å². The van der Waals surface area contributed by atoms with Crippen molar-refractivity contribution in [1.82, 2.24) is 15.5 Å². The third-order valence-electron chi connectivity index (χ3n) is 4.01. The molecule has 0 saturated carbocycles. The van der Waals surface area contributed by atoms with E-state index in [1.54, 1.807) is 24.9 Å². The molecule has 0 heterocycles. The van der Waals surface area contributed by atoms with Crippen LogP contribution in [0.3, 0.4) is 0 Å². The molecule has 7 nitrogen and oxygen atoms in total. The minimum Gasteiger partial charge on any atom is -0.396 e. The molecule has 0 aliphatic heterocycles. The number of unbranched alkanes of at least 4 members (excludes halogenated alkanes) is 3. The number of nitrogens with zero attached hydrogens (tertiary/aromatic N) is 1. The molecule has 7 heteroatoms. The lowest BCUT2D eigenvalue weighted by atomic mass is 9.99. The van der Waals surface area contributed by atoms with Crippen LogP contribution in [-0.2, 0) is 14.4 Å². The molecule has 3 N–H and O–H groups in total. The van der Waals surface area contributed by atoms with Crippen LogP contribution < -0.4 is 10.6 Å².